The fourth-order valence-electron chi connectivity index (χ4n) is 4.73. The third-order valence-electron chi connectivity index (χ3n) is 6.91. The van der Waals surface area contributed by atoms with Crippen LogP contribution in [0.15, 0.2) is 79.0 Å². The van der Waals surface area contributed by atoms with Crippen molar-refractivity contribution in [3.05, 3.63) is 95.9 Å². The molecular formula is C29H28F3N5O2. The second kappa shape index (κ2) is 11.3. The number of benzene rings is 2. The first-order valence-electron chi connectivity index (χ1n) is 12.8. The smallest absolute Gasteiger partial charge is 0.361 e. The van der Waals surface area contributed by atoms with E-state index in [4.69, 9.17) is 0 Å². The van der Waals surface area contributed by atoms with Crippen LogP contribution in [0.1, 0.15) is 21.7 Å². The molecule has 1 N–H and O–H groups in total. The van der Waals surface area contributed by atoms with E-state index in [1.165, 1.54) is 11.0 Å². The number of para-hydroxylation sites is 1. The molecule has 2 aromatic heterocycles. The molecule has 4 aromatic rings. The molecule has 3 heterocycles. The lowest BCUT2D eigenvalue weighted by atomic mass is 10.1. The van der Waals surface area contributed by atoms with Gasteiger partial charge in [-0.05, 0) is 47.9 Å². The Morgan fingerprint density at radius 3 is 2.44 bits per heavy atom. The predicted molar refractivity (Wildman–Crippen MR) is 142 cm³/mol. The summed E-state index contributed by atoms with van der Waals surface area (Å²) in [4.78, 5) is 39.0. The maximum absolute atomic E-state index is 13.5. The fourth-order valence-corrected chi connectivity index (χ4v) is 4.73. The van der Waals surface area contributed by atoms with Gasteiger partial charge in [-0.2, -0.15) is 13.2 Å². The van der Waals surface area contributed by atoms with Gasteiger partial charge in [0.2, 0.25) is 5.91 Å². The van der Waals surface area contributed by atoms with Gasteiger partial charge in [0.05, 0.1) is 0 Å². The van der Waals surface area contributed by atoms with E-state index < -0.39 is 11.9 Å². The maximum Gasteiger partial charge on any atom is 0.433 e. The van der Waals surface area contributed by atoms with Gasteiger partial charge in [0.25, 0.3) is 5.91 Å². The number of fused-ring (bicyclic) bond motifs is 1. The first-order valence-corrected chi connectivity index (χ1v) is 12.8. The van der Waals surface area contributed by atoms with Crippen molar-refractivity contribution >= 4 is 28.4 Å². The number of carbonyl (C=O) groups is 2. The summed E-state index contributed by atoms with van der Waals surface area (Å²) in [5, 5.41) is 0.996. The lowest BCUT2D eigenvalue weighted by Gasteiger charge is -2.36. The van der Waals surface area contributed by atoms with Crippen molar-refractivity contribution in [1.82, 2.24) is 19.8 Å². The van der Waals surface area contributed by atoms with E-state index in [9.17, 15) is 22.8 Å². The molecule has 2 amide bonds. The van der Waals surface area contributed by atoms with Crippen LogP contribution in [0.2, 0.25) is 0 Å². The summed E-state index contributed by atoms with van der Waals surface area (Å²) in [7, 11) is 0. The molecule has 2 aromatic carbocycles. The van der Waals surface area contributed by atoms with Crippen molar-refractivity contribution in [2.45, 2.75) is 12.6 Å². The van der Waals surface area contributed by atoms with Crippen molar-refractivity contribution < 1.29 is 22.8 Å². The van der Waals surface area contributed by atoms with E-state index in [-0.39, 0.29) is 18.4 Å². The van der Waals surface area contributed by atoms with E-state index >= 15 is 0 Å². The molecule has 1 aliphatic heterocycles. The zero-order valence-electron chi connectivity index (χ0n) is 21.2. The molecule has 1 fully saturated rings. The minimum absolute atomic E-state index is 0.0975. The molecule has 202 valence electrons. The molecule has 0 unspecified atom stereocenters. The van der Waals surface area contributed by atoms with Crippen LogP contribution in [0.4, 0.5) is 18.9 Å². The zero-order chi connectivity index (χ0) is 27.4. The number of pyridine rings is 1. The van der Waals surface area contributed by atoms with Gasteiger partial charge in [0.1, 0.15) is 12.2 Å². The number of aromatic nitrogens is 2. The summed E-state index contributed by atoms with van der Waals surface area (Å²) in [6.07, 6.45) is -2.27. The van der Waals surface area contributed by atoms with Gasteiger partial charge in [-0.25, -0.2) is 4.98 Å². The Morgan fingerprint density at radius 1 is 0.923 bits per heavy atom. The molecule has 0 saturated carbocycles. The highest BCUT2D eigenvalue weighted by Gasteiger charge is 2.32. The Morgan fingerprint density at radius 2 is 1.69 bits per heavy atom. The molecule has 0 spiro atoms. The van der Waals surface area contributed by atoms with E-state index in [1.54, 1.807) is 35.2 Å². The number of nitrogens with zero attached hydrogens (tertiary/aromatic N) is 4. The summed E-state index contributed by atoms with van der Waals surface area (Å²) in [5.41, 5.74) is 1.46. The summed E-state index contributed by atoms with van der Waals surface area (Å²) in [6, 6.07) is 20.4. The third-order valence-corrected chi connectivity index (χ3v) is 6.91. The van der Waals surface area contributed by atoms with E-state index in [2.05, 4.69) is 14.9 Å². The van der Waals surface area contributed by atoms with Gasteiger partial charge in [0, 0.05) is 67.8 Å². The minimum Gasteiger partial charge on any atom is -0.361 e. The van der Waals surface area contributed by atoms with Gasteiger partial charge in [0.15, 0.2) is 0 Å². The monoisotopic (exact) mass is 535 g/mol. The van der Waals surface area contributed by atoms with Crippen LogP contribution >= 0.6 is 0 Å². The molecule has 0 bridgehead atoms. The Bertz CT molecular complexity index is 1450. The Balaban J connectivity index is 1.20. The predicted octanol–water partition coefficient (Wildman–Crippen LogP) is 4.62. The molecule has 7 nitrogen and oxygen atoms in total. The molecule has 0 radical (unpaired) electrons. The van der Waals surface area contributed by atoms with Crippen LogP contribution in [0.25, 0.3) is 10.9 Å². The van der Waals surface area contributed by atoms with Gasteiger partial charge >= 0.3 is 6.18 Å². The minimum atomic E-state index is -4.47. The SMILES string of the molecule is O=C(CN(C(=O)c1ccc2cc[nH]c2c1)c1ccccc1)N1CCN(CCc2cccc(C(F)(F)F)n2)CC1. The van der Waals surface area contributed by atoms with Crippen LogP contribution in [0.5, 0.6) is 0 Å². The molecule has 10 heteroatoms. The number of rotatable bonds is 7. The van der Waals surface area contributed by atoms with E-state index in [0.29, 0.717) is 56.1 Å². The highest BCUT2D eigenvalue weighted by Crippen LogP contribution is 2.27. The summed E-state index contributed by atoms with van der Waals surface area (Å²) >= 11 is 0. The number of H-pyrrole nitrogens is 1. The second-order valence-corrected chi connectivity index (χ2v) is 9.49. The summed E-state index contributed by atoms with van der Waals surface area (Å²) in [5.74, 6) is -0.425. The standard InChI is InChI=1S/C29H28F3N5O2/c30-29(31,32)26-8-4-5-23(34-26)12-14-35-15-17-36(18-16-35)27(38)20-37(24-6-2-1-3-7-24)28(39)22-10-9-21-11-13-33-25(21)19-22/h1-11,13,19,33H,12,14-18,20H2. The number of anilines is 1. The van der Waals surface area contributed by atoms with Crippen LogP contribution < -0.4 is 4.90 Å². The van der Waals surface area contributed by atoms with Gasteiger partial charge < -0.3 is 9.88 Å². The van der Waals surface area contributed by atoms with Crippen molar-refractivity contribution in [2.24, 2.45) is 0 Å². The van der Waals surface area contributed by atoms with Gasteiger partial charge in [-0.15, -0.1) is 0 Å². The van der Waals surface area contributed by atoms with Crippen molar-refractivity contribution in [2.75, 3.05) is 44.2 Å². The lowest BCUT2D eigenvalue weighted by Crippen LogP contribution is -2.52. The van der Waals surface area contributed by atoms with Crippen molar-refractivity contribution in [3.63, 3.8) is 0 Å². The highest BCUT2D eigenvalue weighted by atomic mass is 19.4. The Labute approximate surface area is 223 Å². The first-order chi connectivity index (χ1) is 18.8. The van der Waals surface area contributed by atoms with Crippen LogP contribution in [0.3, 0.4) is 0 Å². The quantitative estimate of drug-likeness (QED) is 0.375. The lowest BCUT2D eigenvalue weighted by molar-refractivity contribution is -0.141. The van der Waals surface area contributed by atoms with Crippen LogP contribution in [0, 0.1) is 0 Å². The maximum atomic E-state index is 13.5. The number of piperazine rings is 1. The third kappa shape index (κ3) is 6.28. The number of hydrogen-bond donors (Lipinski definition) is 1. The van der Waals surface area contributed by atoms with Crippen LogP contribution in [-0.2, 0) is 17.4 Å². The normalized spacial score (nSPS) is 14.5. The average molecular weight is 536 g/mol. The number of amides is 2. The van der Waals surface area contributed by atoms with Gasteiger partial charge in [-0.3, -0.25) is 19.4 Å². The topological polar surface area (TPSA) is 72.5 Å². The summed E-state index contributed by atoms with van der Waals surface area (Å²) in [6.45, 7) is 2.58. The first kappa shape index (κ1) is 26.4. The largest absolute Gasteiger partial charge is 0.433 e. The molecule has 0 aliphatic carbocycles. The zero-order valence-corrected chi connectivity index (χ0v) is 21.2. The van der Waals surface area contributed by atoms with Crippen LogP contribution in [-0.4, -0.2) is 70.9 Å². The van der Waals surface area contributed by atoms with Gasteiger partial charge in [-0.1, -0.05) is 30.3 Å². The van der Waals surface area contributed by atoms with Crippen molar-refractivity contribution in [1.29, 1.82) is 0 Å². The number of carbonyl (C=O) groups excluding carboxylic acids is 2. The molecule has 1 aliphatic rings. The Hall–Kier alpha value is -4.18. The van der Waals surface area contributed by atoms with E-state index in [0.717, 1.165) is 17.0 Å². The molecule has 1 saturated heterocycles. The Kier molecular flexibility index (Phi) is 7.65. The highest BCUT2D eigenvalue weighted by molar-refractivity contribution is 6.10. The number of alkyl halides is 3. The summed E-state index contributed by atoms with van der Waals surface area (Å²) < 4.78 is 38.8. The fraction of sp³-hybridized carbons (Fsp3) is 0.276. The number of halogens is 3. The average Bonchev–Trinajstić information content (AvgIpc) is 3.43. The van der Waals surface area contributed by atoms with Crippen molar-refractivity contribution in [3.8, 4) is 0 Å². The number of hydrogen-bond acceptors (Lipinski definition) is 4. The van der Waals surface area contributed by atoms with E-state index in [1.807, 2.05) is 36.5 Å². The number of aromatic amines is 1. The number of nitrogens with one attached hydrogen (secondary N) is 1. The molecular weight excluding hydrogens is 507 g/mol. The molecule has 39 heavy (non-hydrogen) atoms. The molecule has 5 rings (SSSR count). The second-order valence-electron chi connectivity index (χ2n) is 9.49. The molecule has 0 atom stereocenters.